The average Bonchev–Trinajstić information content (AvgIpc) is 3.11. The van der Waals surface area contributed by atoms with Crippen LogP contribution in [0.2, 0.25) is 0 Å². The number of carbonyl (C=O) groups is 3. The zero-order valence-corrected chi connectivity index (χ0v) is 15.7. The van der Waals surface area contributed by atoms with E-state index in [1.165, 1.54) is 43.0 Å². The van der Waals surface area contributed by atoms with Gasteiger partial charge in [0.25, 0.3) is 11.6 Å². The molecule has 2 aliphatic heterocycles. The Morgan fingerprint density at radius 2 is 2.22 bits per heavy atom. The number of nitrogens with zero attached hydrogens (tertiary/aromatic N) is 2. The number of thioether (sulfide) groups is 1. The maximum Gasteiger partial charge on any atom is 0.330 e. The molecule has 10 heteroatoms. The summed E-state index contributed by atoms with van der Waals surface area (Å²) in [4.78, 5) is 48.2. The monoisotopic (exact) mass is 393 g/mol. The van der Waals surface area contributed by atoms with Crippen LogP contribution in [0.15, 0.2) is 24.3 Å². The first-order valence-corrected chi connectivity index (χ1v) is 9.42. The Balaban J connectivity index is 1.61. The first-order chi connectivity index (χ1) is 12.7. The van der Waals surface area contributed by atoms with Crippen molar-refractivity contribution in [2.24, 2.45) is 0 Å². The van der Waals surface area contributed by atoms with E-state index in [-0.39, 0.29) is 17.3 Å². The summed E-state index contributed by atoms with van der Waals surface area (Å²) in [6.07, 6.45) is -0.0227. The second-order valence-corrected chi connectivity index (χ2v) is 8.14. The molecule has 2 aliphatic rings. The highest BCUT2D eigenvalue weighted by molar-refractivity contribution is 8.01. The number of carbonyl (C=O) groups excluding carboxylic acids is 3. The number of non-ortho nitro benzene ring substituents is 1. The predicted octanol–water partition coefficient (Wildman–Crippen LogP) is 1.92. The van der Waals surface area contributed by atoms with Gasteiger partial charge in [-0.2, -0.15) is 0 Å². The molecule has 1 aromatic rings. The fourth-order valence-corrected chi connectivity index (χ4v) is 4.66. The number of ether oxygens (including phenoxy) is 1. The van der Waals surface area contributed by atoms with Gasteiger partial charge in [-0.05, 0) is 26.3 Å². The number of hydrogen-bond acceptors (Lipinski definition) is 7. The van der Waals surface area contributed by atoms with Crippen LogP contribution in [0.5, 0.6) is 0 Å². The Labute approximate surface area is 159 Å². The van der Waals surface area contributed by atoms with E-state index in [0.29, 0.717) is 18.6 Å². The standard InChI is InChI=1S/C17H19N3O6S/c1-10(15(22)18-11-4-3-5-12(8-11)20(24)25)26-16(23)13-9-27-17(2)7-6-14(21)19(13)17/h3-5,8,10,13H,6-7,9H2,1-2H3,(H,18,22)/t10-,13+,17+/m0/s1. The van der Waals surface area contributed by atoms with Crippen molar-refractivity contribution in [3.63, 3.8) is 0 Å². The fourth-order valence-electron chi connectivity index (χ4n) is 3.24. The minimum atomic E-state index is -1.11. The number of nitro benzene ring substituents is 1. The number of nitrogens with one attached hydrogen (secondary N) is 1. The van der Waals surface area contributed by atoms with Gasteiger partial charge in [0.05, 0.1) is 9.79 Å². The number of esters is 1. The molecule has 9 nitrogen and oxygen atoms in total. The third kappa shape index (κ3) is 3.75. The molecule has 2 saturated heterocycles. The third-order valence-corrected chi connectivity index (χ3v) is 6.21. The van der Waals surface area contributed by atoms with Crippen molar-refractivity contribution in [1.29, 1.82) is 0 Å². The first-order valence-electron chi connectivity index (χ1n) is 8.43. The number of rotatable bonds is 5. The maximum atomic E-state index is 12.5. The summed E-state index contributed by atoms with van der Waals surface area (Å²) in [5.41, 5.74) is 0.0723. The number of benzene rings is 1. The van der Waals surface area contributed by atoms with Crippen molar-refractivity contribution in [1.82, 2.24) is 4.90 Å². The lowest BCUT2D eigenvalue weighted by atomic mass is 10.2. The van der Waals surface area contributed by atoms with Crippen molar-refractivity contribution in [3.8, 4) is 0 Å². The quantitative estimate of drug-likeness (QED) is 0.461. The zero-order valence-electron chi connectivity index (χ0n) is 14.8. The number of amides is 2. The minimum absolute atomic E-state index is 0.0850. The smallest absolute Gasteiger partial charge is 0.330 e. The second kappa shape index (κ2) is 7.18. The molecule has 3 atom stereocenters. The Kier molecular flexibility index (Phi) is 5.09. The van der Waals surface area contributed by atoms with Crippen LogP contribution < -0.4 is 5.32 Å². The van der Waals surface area contributed by atoms with Crippen LogP contribution in [0, 0.1) is 10.1 Å². The lowest BCUT2D eigenvalue weighted by molar-refractivity contribution is -0.384. The van der Waals surface area contributed by atoms with Gasteiger partial charge in [-0.25, -0.2) is 4.79 Å². The molecule has 2 fully saturated rings. The predicted molar refractivity (Wildman–Crippen MR) is 98.0 cm³/mol. The fraction of sp³-hybridized carbons (Fsp3) is 0.471. The highest BCUT2D eigenvalue weighted by atomic mass is 32.2. The molecule has 0 unspecified atom stereocenters. The van der Waals surface area contributed by atoms with Gasteiger partial charge in [-0.3, -0.25) is 19.7 Å². The second-order valence-electron chi connectivity index (χ2n) is 6.64. The minimum Gasteiger partial charge on any atom is -0.451 e. The molecule has 0 saturated carbocycles. The van der Waals surface area contributed by atoms with Crippen molar-refractivity contribution >= 4 is 40.9 Å². The van der Waals surface area contributed by atoms with Gasteiger partial charge in [-0.15, -0.1) is 11.8 Å². The number of nitro groups is 1. The van der Waals surface area contributed by atoms with Crippen LogP contribution in [0.1, 0.15) is 26.7 Å². The van der Waals surface area contributed by atoms with E-state index in [0.717, 1.165) is 0 Å². The molecule has 0 bridgehead atoms. The number of hydrogen-bond donors (Lipinski definition) is 1. The van der Waals surface area contributed by atoms with E-state index < -0.39 is 33.8 Å². The molecule has 0 spiro atoms. The molecular formula is C17H19N3O6S. The molecule has 27 heavy (non-hydrogen) atoms. The first kappa shape index (κ1) is 19.2. The molecule has 0 aromatic heterocycles. The summed E-state index contributed by atoms with van der Waals surface area (Å²) in [6, 6.07) is 4.76. The van der Waals surface area contributed by atoms with Crippen LogP contribution in [0.25, 0.3) is 0 Å². The Hall–Kier alpha value is -2.62. The summed E-state index contributed by atoms with van der Waals surface area (Å²) in [5.74, 6) is -0.883. The normalized spacial score (nSPS) is 25.0. The van der Waals surface area contributed by atoms with E-state index in [9.17, 15) is 24.5 Å². The SMILES string of the molecule is C[C@H](OC(=O)[C@H]1CS[C@]2(C)CCC(=O)N12)C(=O)Nc1cccc([N+](=O)[O-])c1. The van der Waals surface area contributed by atoms with Crippen LogP contribution in [0.3, 0.4) is 0 Å². The number of fused-ring (bicyclic) bond motifs is 1. The van der Waals surface area contributed by atoms with Crippen LogP contribution >= 0.6 is 11.8 Å². The van der Waals surface area contributed by atoms with Gasteiger partial charge in [0.2, 0.25) is 5.91 Å². The molecule has 0 aliphatic carbocycles. The molecule has 2 heterocycles. The van der Waals surface area contributed by atoms with Gasteiger partial charge in [0.15, 0.2) is 6.10 Å². The summed E-state index contributed by atoms with van der Waals surface area (Å²) < 4.78 is 5.26. The van der Waals surface area contributed by atoms with Gasteiger partial charge in [-0.1, -0.05) is 6.07 Å². The molecule has 1 aromatic carbocycles. The topological polar surface area (TPSA) is 119 Å². The van der Waals surface area contributed by atoms with Crippen LogP contribution in [-0.2, 0) is 19.1 Å². The molecule has 0 radical (unpaired) electrons. The largest absolute Gasteiger partial charge is 0.451 e. The van der Waals surface area contributed by atoms with E-state index in [4.69, 9.17) is 4.74 Å². The van der Waals surface area contributed by atoms with Crippen LogP contribution in [-0.4, -0.2) is 50.4 Å². The Morgan fingerprint density at radius 1 is 1.48 bits per heavy atom. The number of anilines is 1. The van der Waals surface area contributed by atoms with E-state index in [1.807, 2.05) is 6.92 Å². The summed E-state index contributed by atoms with van der Waals surface area (Å²) >= 11 is 1.54. The van der Waals surface area contributed by atoms with Crippen molar-refractivity contribution in [2.45, 2.75) is 43.7 Å². The molecular weight excluding hydrogens is 374 g/mol. The molecule has 3 rings (SSSR count). The average molecular weight is 393 g/mol. The van der Waals surface area contributed by atoms with Gasteiger partial charge in [0, 0.05) is 30.0 Å². The van der Waals surface area contributed by atoms with Gasteiger partial charge >= 0.3 is 5.97 Å². The maximum absolute atomic E-state index is 12.5. The van der Waals surface area contributed by atoms with Gasteiger partial charge in [0.1, 0.15) is 6.04 Å². The Bertz CT molecular complexity index is 816. The van der Waals surface area contributed by atoms with E-state index in [1.54, 1.807) is 4.90 Å². The lowest BCUT2D eigenvalue weighted by Gasteiger charge is -2.29. The zero-order chi connectivity index (χ0) is 19.8. The lowest BCUT2D eigenvalue weighted by Crippen LogP contribution is -2.48. The Morgan fingerprint density at radius 3 is 2.93 bits per heavy atom. The summed E-state index contributed by atoms with van der Waals surface area (Å²) in [5, 5.41) is 13.3. The third-order valence-electron chi connectivity index (χ3n) is 4.70. The van der Waals surface area contributed by atoms with Crippen molar-refractivity contribution in [2.75, 3.05) is 11.1 Å². The van der Waals surface area contributed by atoms with Crippen molar-refractivity contribution in [3.05, 3.63) is 34.4 Å². The van der Waals surface area contributed by atoms with Crippen molar-refractivity contribution < 1.29 is 24.0 Å². The summed E-state index contributed by atoms with van der Waals surface area (Å²) in [7, 11) is 0. The van der Waals surface area contributed by atoms with Gasteiger partial charge < -0.3 is 15.0 Å². The highest BCUT2D eigenvalue weighted by Crippen LogP contribution is 2.47. The summed E-state index contributed by atoms with van der Waals surface area (Å²) in [6.45, 7) is 3.34. The molecule has 1 N–H and O–H groups in total. The van der Waals surface area contributed by atoms with Crippen LogP contribution in [0.4, 0.5) is 11.4 Å². The molecule has 2 amide bonds. The molecule has 144 valence electrons. The van der Waals surface area contributed by atoms with E-state index >= 15 is 0 Å². The van der Waals surface area contributed by atoms with E-state index in [2.05, 4.69) is 5.32 Å². The highest BCUT2D eigenvalue weighted by Gasteiger charge is 2.53.